The van der Waals surface area contributed by atoms with Gasteiger partial charge in [0, 0.05) is 13.1 Å². The summed E-state index contributed by atoms with van der Waals surface area (Å²) in [5.41, 5.74) is 0. The summed E-state index contributed by atoms with van der Waals surface area (Å²) in [5.74, 6) is -0.653. The summed E-state index contributed by atoms with van der Waals surface area (Å²) in [6.07, 6.45) is 0.732. The van der Waals surface area contributed by atoms with E-state index in [-0.39, 0.29) is 30.8 Å². The molecule has 1 saturated heterocycles. The van der Waals surface area contributed by atoms with Crippen LogP contribution in [-0.4, -0.2) is 48.8 Å². The summed E-state index contributed by atoms with van der Waals surface area (Å²) < 4.78 is 0. The fraction of sp³-hybridized carbons (Fsp3) is 0.417. The Kier molecular flexibility index (Phi) is 4.51. The molecule has 1 aliphatic rings. The van der Waals surface area contributed by atoms with Crippen LogP contribution in [0.15, 0.2) is 17.5 Å². The Balaban J connectivity index is 1.83. The number of thiophene rings is 1. The molecule has 2 rings (SSSR count). The van der Waals surface area contributed by atoms with Crippen LogP contribution in [0.4, 0.5) is 0 Å². The van der Waals surface area contributed by atoms with Crippen molar-refractivity contribution in [2.24, 2.45) is 0 Å². The smallest absolute Gasteiger partial charge is 0.261 e. The Bertz CT molecular complexity index is 473. The number of carbonyl (C=O) groups excluding carboxylic acids is 3. The molecule has 1 fully saturated rings. The van der Waals surface area contributed by atoms with Crippen molar-refractivity contribution >= 4 is 29.1 Å². The van der Waals surface area contributed by atoms with Crippen LogP contribution in [0.2, 0.25) is 0 Å². The van der Waals surface area contributed by atoms with Gasteiger partial charge in [0.1, 0.15) is 0 Å². The van der Waals surface area contributed by atoms with Crippen LogP contribution in [0.3, 0.4) is 0 Å². The van der Waals surface area contributed by atoms with Gasteiger partial charge < -0.3 is 15.5 Å². The van der Waals surface area contributed by atoms with Gasteiger partial charge in [0.05, 0.1) is 18.0 Å². The van der Waals surface area contributed by atoms with Crippen molar-refractivity contribution in [1.29, 1.82) is 0 Å². The molecule has 0 aromatic carbocycles. The van der Waals surface area contributed by atoms with Gasteiger partial charge in [-0.15, -0.1) is 11.3 Å². The van der Waals surface area contributed by atoms with Crippen molar-refractivity contribution in [2.75, 3.05) is 26.2 Å². The first-order valence-electron chi connectivity index (χ1n) is 6.03. The van der Waals surface area contributed by atoms with Crippen LogP contribution in [0, 0.1) is 0 Å². The van der Waals surface area contributed by atoms with E-state index in [0.717, 1.165) is 6.42 Å². The highest BCUT2D eigenvalue weighted by molar-refractivity contribution is 7.12. The molecule has 19 heavy (non-hydrogen) atoms. The molecule has 2 heterocycles. The second-order valence-corrected chi connectivity index (χ2v) is 5.13. The van der Waals surface area contributed by atoms with Crippen molar-refractivity contribution in [2.45, 2.75) is 6.42 Å². The largest absolute Gasteiger partial charge is 0.354 e. The zero-order valence-electron chi connectivity index (χ0n) is 10.3. The Morgan fingerprint density at radius 3 is 3.05 bits per heavy atom. The maximum absolute atomic E-state index is 11.9. The third kappa shape index (κ3) is 3.78. The lowest BCUT2D eigenvalue weighted by molar-refractivity contribution is -0.134. The quantitative estimate of drug-likeness (QED) is 0.807. The molecule has 1 aliphatic heterocycles. The standard InChI is InChI=1S/C12H15N3O3S/c16-10-8-15(5-2-4-13-10)11(17)7-14-12(18)9-3-1-6-19-9/h1,3,6H,2,4-5,7-8H2,(H,13,16)(H,14,18). The summed E-state index contributed by atoms with van der Waals surface area (Å²) in [4.78, 5) is 37.0. The molecule has 102 valence electrons. The van der Waals surface area contributed by atoms with Crippen molar-refractivity contribution in [1.82, 2.24) is 15.5 Å². The van der Waals surface area contributed by atoms with Crippen LogP contribution in [0.5, 0.6) is 0 Å². The molecule has 1 aromatic rings. The third-order valence-electron chi connectivity index (χ3n) is 2.76. The van der Waals surface area contributed by atoms with Gasteiger partial charge >= 0.3 is 0 Å². The minimum Gasteiger partial charge on any atom is -0.354 e. The van der Waals surface area contributed by atoms with E-state index >= 15 is 0 Å². The zero-order valence-corrected chi connectivity index (χ0v) is 11.2. The monoisotopic (exact) mass is 281 g/mol. The van der Waals surface area contributed by atoms with Gasteiger partial charge in [0.25, 0.3) is 5.91 Å². The molecular weight excluding hydrogens is 266 g/mol. The average Bonchev–Trinajstić information content (AvgIpc) is 2.85. The van der Waals surface area contributed by atoms with Gasteiger partial charge in [-0.05, 0) is 17.9 Å². The molecule has 0 aliphatic carbocycles. The molecule has 7 heteroatoms. The number of carbonyl (C=O) groups is 3. The van der Waals surface area contributed by atoms with Crippen molar-refractivity contribution < 1.29 is 14.4 Å². The number of nitrogens with one attached hydrogen (secondary N) is 2. The first-order chi connectivity index (χ1) is 9.16. The van der Waals surface area contributed by atoms with Gasteiger partial charge in [0.2, 0.25) is 11.8 Å². The maximum Gasteiger partial charge on any atom is 0.261 e. The summed E-state index contributed by atoms with van der Waals surface area (Å²) in [6.45, 7) is 1.11. The van der Waals surface area contributed by atoms with Gasteiger partial charge in [0.15, 0.2) is 0 Å². The van der Waals surface area contributed by atoms with Crippen LogP contribution < -0.4 is 10.6 Å². The number of rotatable bonds is 3. The van der Waals surface area contributed by atoms with E-state index in [2.05, 4.69) is 10.6 Å². The van der Waals surface area contributed by atoms with E-state index in [9.17, 15) is 14.4 Å². The van der Waals surface area contributed by atoms with E-state index < -0.39 is 0 Å². The predicted octanol–water partition coefficient (Wildman–Crippen LogP) is -0.174. The summed E-state index contributed by atoms with van der Waals surface area (Å²) >= 11 is 1.32. The van der Waals surface area contributed by atoms with Crippen molar-refractivity contribution in [3.63, 3.8) is 0 Å². The van der Waals surface area contributed by atoms with Crippen molar-refractivity contribution in [3.8, 4) is 0 Å². The van der Waals surface area contributed by atoms with Gasteiger partial charge in [-0.1, -0.05) is 6.07 Å². The Morgan fingerprint density at radius 1 is 1.47 bits per heavy atom. The molecule has 0 radical (unpaired) electrons. The second kappa shape index (κ2) is 6.33. The van der Waals surface area contributed by atoms with Crippen LogP contribution >= 0.6 is 11.3 Å². The Labute approximate surface area is 114 Å². The minimum absolute atomic E-state index is 0.0632. The Morgan fingerprint density at radius 2 is 2.32 bits per heavy atom. The van der Waals surface area contributed by atoms with Crippen molar-refractivity contribution in [3.05, 3.63) is 22.4 Å². The van der Waals surface area contributed by atoms with Crippen LogP contribution in [0.1, 0.15) is 16.1 Å². The molecule has 2 N–H and O–H groups in total. The zero-order chi connectivity index (χ0) is 13.7. The summed E-state index contributed by atoms with van der Waals surface area (Å²) in [7, 11) is 0. The summed E-state index contributed by atoms with van der Waals surface area (Å²) in [6, 6.07) is 3.48. The fourth-order valence-corrected chi connectivity index (χ4v) is 2.42. The number of amides is 3. The molecule has 3 amide bonds. The molecule has 0 spiro atoms. The highest BCUT2D eigenvalue weighted by Gasteiger charge is 2.20. The Hall–Kier alpha value is -1.89. The second-order valence-electron chi connectivity index (χ2n) is 4.18. The highest BCUT2D eigenvalue weighted by atomic mass is 32.1. The lowest BCUT2D eigenvalue weighted by Crippen LogP contribution is -2.43. The van der Waals surface area contributed by atoms with E-state index in [1.807, 2.05) is 0 Å². The molecule has 0 unspecified atom stereocenters. The van der Waals surface area contributed by atoms with E-state index in [0.29, 0.717) is 18.0 Å². The molecule has 0 saturated carbocycles. The number of hydrogen-bond acceptors (Lipinski definition) is 4. The SMILES string of the molecule is O=C1CN(C(=O)CNC(=O)c2cccs2)CCCN1. The van der Waals surface area contributed by atoms with E-state index in [4.69, 9.17) is 0 Å². The molecular formula is C12H15N3O3S. The molecule has 0 bridgehead atoms. The van der Waals surface area contributed by atoms with Crippen LogP contribution in [0.25, 0.3) is 0 Å². The highest BCUT2D eigenvalue weighted by Crippen LogP contribution is 2.07. The number of nitrogens with zero attached hydrogens (tertiary/aromatic N) is 1. The predicted molar refractivity (Wildman–Crippen MR) is 70.9 cm³/mol. The first kappa shape index (κ1) is 13.5. The lowest BCUT2D eigenvalue weighted by Gasteiger charge is -2.18. The fourth-order valence-electron chi connectivity index (χ4n) is 1.78. The normalized spacial score (nSPS) is 15.6. The lowest BCUT2D eigenvalue weighted by atomic mass is 10.3. The van der Waals surface area contributed by atoms with Gasteiger partial charge in [-0.2, -0.15) is 0 Å². The van der Waals surface area contributed by atoms with Gasteiger partial charge in [-0.25, -0.2) is 0 Å². The molecule has 0 atom stereocenters. The third-order valence-corrected chi connectivity index (χ3v) is 3.63. The summed E-state index contributed by atoms with van der Waals surface area (Å²) in [5, 5.41) is 7.07. The molecule has 6 nitrogen and oxygen atoms in total. The van der Waals surface area contributed by atoms with Gasteiger partial charge in [-0.3, -0.25) is 14.4 Å². The maximum atomic E-state index is 11.9. The van der Waals surface area contributed by atoms with E-state index in [1.165, 1.54) is 16.2 Å². The first-order valence-corrected chi connectivity index (χ1v) is 6.91. The minimum atomic E-state index is -0.261. The van der Waals surface area contributed by atoms with E-state index in [1.54, 1.807) is 17.5 Å². The average molecular weight is 281 g/mol. The topological polar surface area (TPSA) is 78.5 Å². The number of hydrogen-bond donors (Lipinski definition) is 2. The molecule has 1 aromatic heterocycles. The van der Waals surface area contributed by atoms with Crippen LogP contribution in [-0.2, 0) is 9.59 Å².